The summed E-state index contributed by atoms with van der Waals surface area (Å²) in [7, 11) is 0. The van der Waals surface area contributed by atoms with Crippen LogP contribution >= 0.6 is 11.8 Å². The number of nitrogens with zero attached hydrogens (tertiary/aromatic N) is 1. The number of nitrogens with one attached hydrogen (secondary N) is 1. The smallest absolute Gasteiger partial charge is 0.325 e. The third-order valence-electron chi connectivity index (χ3n) is 3.95. The zero-order valence-corrected chi connectivity index (χ0v) is 14.2. The van der Waals surface area contributed by atoms with Crippen molar-refractivity contribution < 1.29 is 19.5 Å². The van der Waals surface area contributed by atoms with Crippen molar-refractivity contribution in [3.8, 4) is 0 Å². The Morgan fingerprint density at radius 3 is 2.45 bits per heavy atom. The van der Waals surface area contributed by atoms with Gasteiger partial charge in [-0.3, -0.25) is 9.59 Å². The molecule has 1 aliphatic rings. The maximum atomic E-state index is 12.2. The highest BCUT2D eigenvalue weighted by Gasteiger charge is 2.21. The van der Waals surface area contributed by atoms with E-state index >= 15 is 0 Å². The third kappa shape index (κ3) is 7.15. The van der Waals surface area contributed by atoms with Gasteiger partial charge in [-0.1, -0.05) is 37.4 Å². The van der Waals surface area contributed by atoms with Crippen LogP contribution in [0.15, 0.2) is 0 Å². The highest BCUT2D eigenvalue weighted by atomic mass is 32.2. The summed E-state index contributed by atoms with van der Waals surface area (Å²) in [6, 6.07) is -1.28. The molecular formula is C15H26N2O4S. The van der Waals surface area contributed by atoms with E-state index in [0.717, 1.165) is 6.42 Å². The number of hydrogen-bond donors (Lipinski definition) is 2. The van der Waals surface area contributed by atoms with Crippen LogP contribution < -0.4 is 5.32 Å². The number of urea groups is 1. The summed E-state index contributed by atoms with van der Waals surface area (Å²) in [6.07, 6.45) is 5.88. The molecule has 0 spiro atoms. The Bertz CT molecular complexity index is 397. The van der Waals surface area contributed by atoms with Crippen molar-refractivity contribution in [2.75, 3.05) is 18.8 Å². The predicted octanol–water partition coefficient (Wildman–Crippen LogP) is 2.33. The molecule has 1 saturated carbocycles. The number of aliphatic carboxylic acids is 1. The molecular weight excluding hydrogens is 304 g/mol. The number of hydrogen-bond acceptors (Lipinski definition) is 4. The zero-order valence-electron chi connectivity index (χ0n) is 13.3. The van der Waals surface area contributed by atoms with Crippen LogP contribution in [0, 0.1) is 5.92 Å². The summed E-state index contributed by atoms with van der Waals surface area (Å²) in [5, 5.41) is 11.4. The molecule has 0 saturated heterocycles. The Balaban J connectivity index is 2.48. The van der Waals surface area contributed by atoms with Gasteiger partial charge in [-0.15, -0.1) is 0 Å². The summed E-state index contributed by atoms with van der Waals surface area (Å²) < 4.78 is 0. The lowest BCUT2D eigenvalue weighted by Crippen LogP contribution is -2.47. The molecule has 0 radical (unpaired) electrons. The molecule has 126 valence electrons. The predicted molar refractivity (Wildman–Crippen MR) is 86.9 cm³/mol. The molecule has 0 aromatic carbocycles. The molecule has 0 aromatic heterocycles. The fraction of sp³-hybridized carbons (Fsp3) is 0.800. The van der Waals surface area contributed by atoms with Crippen LogP contribution in [0.4, 0.5) is 4.79 Å². The Kier molecular flexibility index (Phi) is 8.30. The van der Waals surface area contributed by atoms with E-state index in [1.807, 2.05) is 0 Å². The second-order valence-electron chi connectivity index (χ2n) is 5.78. The van der Waals surface area contributed by atoms with E-state index in [9.17, 15) is 14.4 Å². The SMILES string of the molecule is CC(=O)SCCN(CCC1CCCC1)C(=O)NC(C)C(=O)O. The molecule has 1 atom stereocenters. The van der Waals surface area contributed by atoms with E-state index in [1.54, 1.807) is 4.90 Å². The largest absolute Gasteiger partial charge is 0.480 e. The van der Waals surface area contributed by atoms with Crippen LogP contribution in [0.3, 0.4) is 0 Å². The molecule has 0 aliphatic heterocycles. The van der Waals surface area contributed by atoms with Crippen LogP contribution in [0.5, 0.6) is 0 Å². The minimum absolute atomic E-state index is 0.0232. The summed E-state index contributed by atoms with van der Waals surface area (Å²) in [6.45, 7) is 4.01. The highest BCUT2D eigenvalue weighted by molar-refractivity contribution is 8.13. The molecule has 0 bridgehead atoms. The Morgan fingerprint density at radius 1 is 1.27 bits per heavy atom. The first-order chi connectivity index (χ1) is 10.4. The Morgan fingerprint density at radius 2 is 1.91 bits per heavy atom. The molecule has 22 heavy (non-hydrogen) atoms. The molecule has 0 aromatic rings. The molecule has 1 unspecified atom stereocenters. The van der Waals surface area contributed by atoms with E-state index in [4.69, 9.17) is 5.11 Å². The van der Waals surface area contributed by atoms with Crippen molar-refractivity contribution in [3.63, 3.8) is 0 Å². The molecule has 6 nitrogen and oxygen atoms in total. The van der Waals surface area contributed by atoms with Gasteiger partial charge >= 0.3 is 12.0 Å². The molecule has 1 aliphatic carbocycles. The number of carboxylic acid groups (broad SMARTS) is 1. The second kappa shape index (κ2) is 9.71. The number of carbonyl (C=O) groups is 3. The monoisotopic (exact) mass is 330 g/mol. The average Bonchev–Trinajstić information content (AvgIpc) is 2.95. The summed E-state index contributed by atoms with van der Waals surface area (Å²) in [5.41, 5.74) is 0. The molecule has 2 N–H and O–H groups in total. The van der Waals surface area contributed by atoms with Gasteiger partial charge in [0.2, 0.25) is 0 Å². The highest BCUT2D eigenvalue weighted by Crippen LogP contribution is 2.27. The number of carbonyl (C=O) groups excluding carboxylic acids is 2. The van der Waals surface area contributed by atoms with E-state index in [2.05, 4.69) is 5.32 Å². The first kappa shape index (κ1) is 18.8. The van der Waals surface area contributed by atoms with Gasteiger partial charge in [0.25, 0.3) is 0 Å². The van der Waals surface area contributed by atoms with Crippen molar-refractivity contribution in [1.82, 2.24) is 10.2 Å². The summed E-state index contributed by atoms with van der Waals surface area (Å²) in [5.74, 6) is 0.143. The number of rotatable bonds is 8. The van der Waals surface area contributed by atoms with E-state index in [-0.39, 0.29) is 11.1 Å². The van der Waals surface area contributed by atoms with Gasteiger partial charge in [-0.25, -0.2) is 4.79 Å². The van der Waals surface area contributed by atoms with Crippen LogP contribution in [0.2, 0.25) is 0 Å². The topological polar surface area (TPSA) is 86.7 Å². The lowest BCUT2D eigenvalue weighted by molar-refractivity contribution is -0.138. The van der Waals surface area contributed by atoms with Gasteiger partial charge < -0.3 is 15.3 Å². The normalized spacial score (nSPS) is 16.3. The first-order valence-corrected chi connectivity index (χ1v) is 8.80. The van der Waals surface area contributed by atoms with Crippen LogP contribution in [-0.4, -0.2) is 52.0 Å². The lowest BCUT2D eigenvalue weighted by Gasteiger charge is -2.25. The quantitative estimate of drug-likeness (QED) is 0.713. The summed E-state index contributed by atoms with van der Waals surface area (Å²) in [4.78, 5) is 35.7. The Hall–Kier alpha value is -1.24. The van der Waals surface area contributed by atoms with E-state index in [0.29, 0.717) is 24.8 Å². The summed E-state index contributed by atoms with van der Waals surface area (Å²) >= 11 is 1.18. The molecule has 0 heterocycles. The lowest BCUT2D eigenvalue weighted by atomic mass is 10.0. The fourth-order valence-electron chi connectivity index (χ4n) is 2.59. The van der Waals surface area contributed by atoms with Crippen molar-refractivity contribution in [3.05, 3.63) is 0 Å². The minimum Gasteiger partial charge on any atom is -0.480 e. The number of carboxylic acids is 1. The van der Waals surface area contributed by atoms with Gasteiger partial charge in [-0.2, -0.15) is 0 Å². The van der Waals surface area contributed by atoms with Crippen LogP contribution in [0.25, 0.3) is 0 Å². The van der Waals surface area contributed by atoms with Crippen molar-refractivity contribution >= 4 is 28.9 Å². The average molecular weight is 330 g/mol. The maximum Gasteiger partial charge on any atom is 0.325 e. The Labute approximate surface area is 136 Å². The van der Waals surface area contributed by atoms with Crippen LogP contribution in [-0.2, 0) is 9.59 Å². The standard InChI is InChI=1S/C15H26N2O4S/c1-11(14(19)20)16-15(21)17(9-10-22-12(2)18)8-7-13-5-3-4-6-13/h11,13H,3-10H2,1-2H3,(H,16,21)(H,19,20). The molecule has 7 heteroatoms. The molecule has 1 rings (SSSR count). The first-order valence-electron chi connectivity index (χ1n) is 7.81. The van der Waals surface area contributed by atoms with Crippen molar-refractivity contribution in [1.29, 1.82) is 0 Å². The van der Waals surface area contributed by atoms with E-state index in [1.165, 1.54) is 51.3 Å². The van der Waals surface area contributed by atoms with E-state index < -0.39 is 12.0 Å². The van der Waals surface area contributed by atoms with Gasteiger partial charge in [0.15, 0.2) is 5.12 Å². The maximum absolute atomic E-state index is 12.2. The van der Waals surface area contributed by atoms with Gasteiger partial charge in [0.05, 0.1) is 0 Å². The molecule has 1 fully saturated rings. The second-order valence-corrected chi connectivity index (χ2v) is 7.05. The zero-order chi connectivity index (χ0) is 16.5. The van der Waals surface area contributed by atoms with Crippen LogP contribution in [0.1, 0.15) is 46.0 Å². The van der Waals surface area contributed by atoms with Crippen molar-refractivity contribution in [2.24, 2.45) is 5.92 Å². The third-order valence-corrected chi connectivity index (χ3v) is 4.74. The number of thioether (sulfide) groups is 1. The van der Waals surface area contributed by atoms with Gasteiger partial charge in [0, 0.05) is 25.8 Å². The number of amides is 2. The van der Waals surface area contributed by atoms with Gasteiger partial charge in [0.1, 0.15) is 6.04 Å². The van der Waals surface area contributed by atoms with Crippen molar-refractivity contribution in [2.45, 2.75) is 52.0 Å². The fourth-order valence-corrected chi connectivity index (χ4v) is 3.19. The molecule has 2 amide bonds. The van der Waals surface area contributed by atoms with Gasteiger partial charge in [-0.05, 0) is 19.3 Å². The minimum atomic E-state index is -1.05.